The van der Waals surface area contributed by atoms with Crippen LogP contribution in [-0.2, 0) is 17.8 Å². The Balaban J connectivity index is 1.30. The third kappa shape index (κ3) is 4.86. The summed E-state index contributed by atoms with van der Waals surface area (Å²) in [6.07, 6.45) is 4.92. The molecule has 2 aliphatic rings. The van der Waals surface area contributed by atoms with E-state index in [9.17, 15) is 4.79 Å². The molecule has 6 nitrogen and oxygen atoms in total. The average molecular weight is 397 g/mol. The van der Waals surface area contributed by atoms with Crippen LogP contribution in [0, 0.1) is 5.41 Å². The molecule has 1 aromatic heterocycles. The maximum Gasteiger partial charge on any atom is 0.240 e. The Morgan fingerprint density at radius 3 is 2.59 bits per heavy atom. The van der Waals surface area contributed by atoms with E-state index in [0.717, 1.165) is 64.2 Å². The van der Waals surface area contributed by atoms with Crippen molar-refractivity contribution in [3.8, 4) is 0 Å². The van der Waals surface area contributed by atoms with E-state index in [1.165, 1.54) is 5.56 Å². The number of carbonyl (C=O) groups excluding carboxylic acids is 1. The molecule has 2 fully saturated rings. The van der Waals surface area contributed by atoms with Gasteiger partial charge in [-0.25, -0.2) is 0 Å². The summed E-state index contributed by atoms with van der Waals surface area (Å²) < 4.78 is 5.42. The lowest BCUT2D eigenvalue weighted by molar-refractivity contribution is -0.139. The van der Waals surface area contributed by atoms with E-state index in [1.807, 2.05) is 6.07 Å². The van der Waals surface area contributed by atoms with Gasteiger partial charge in [-0.2, -0.15) is 4.98 Å². The number of rotatable bonds is 6. The van der Waals surface area contributed by atoms with Crippen LogP contribution < -0.4 is 0 Å². The highest BCUT2D eigenvalue weighted by Crippen LogP contribution is 2.40. The van der Waals surface area contributed by atoms with Crippen molar-refractivity contribution in [1.29, 1.82) is 0 Å². The lowest BCUT2D eigenvalue weighted by Gasteiger charge is -2.47. The van der Waals surface area contributed by atoms with Gasteiger partial charge in [0.15, 0.2) is 5.82 Å². The zero-order valence-corrected chi connectivity index (χ0v) is 17.6. The zero-order valence-electron chi connectivity index (χ0n) is 17.6. The van der Waals surface area contributed by atoms with E-state index in [1.54, 1.807) is 0 Å². The first-order chi connectivity index (χ1) is 14.0. The van der Waals surface area contributed by atoms with Crippen molar-refractivity contribution in [1.82, 2.24) is 19.9 Å². The highest BCUT2D eigenvalue weighted by atomic mass is 16.5. The van der Waals surface area contributed by atoms with Crippen LogP contribution in [0.1, 0.15) is 62.7 Å². The lowest BCUT2D eigenvalue weighted by Crippen LogP contribution is -2.51. The number of benzene rings is 1. The molecule has 0 atom stereocenters. The molecule has 0 saturated carbocycles. The van der Waals surface area contributed by atoms with Crippen molar-refractivity contribution < 1.29 is 9.32 Å². The molecular formula is C23H32N4O2. The van der Waals surface area contributed by atoms with Gasteiger partial charge in [0.05, 0.1) is 6.54 Å². The van der Waals surface area contributed by atoms with E-state index in [2.05, 4.69) is 58.1 Å². The lowest BCUT2D eigenvalue weighted by atomic mass is 9.72. The molecule has 2 aliphatic heterocycles. The number of likely N-dealkylation sites (tertiary alicyclic amines) is 2. The molecule has 1 spiro atoms. The average Bonchev–Trinajstić information content (AvgIpc) is 3.20. The topological polar surface area (TPSA) is 62.5 Å². The minimum Gasteiger partial charge on any atom is -0.342 e. The van der Waals surface area contributed by atoms with Crippen LogP contribution in [-0.4, -0.2) is 52.0 Å². The Morgan fingerprint density at radius 2 is 1.90 bits per heavy atom. The molecule has 6 heteroatoms. The maximum absolute atomic E-state index is 12.5. The fraction of sp³-hybridized carbons (Fsp3) is 0.609. The zero-order chi connectivity index (χ0) is 20.3. The van der Waals surface area contributed by atoms with Crippen molar-refractivity contribution in [2.45, 2.75) is 58.4 Å². The molecule has 0 radical (unpaired) electrons. The highest BCUT2D eigenvalue weighted by Gasteiger charge is 2.40. The summed E-state index contributed by atoms with van der Waals surface area (Å²) in [4.78, 5) is 21.5. The number of aromatic nitrogens is 2. The minimum atomic E-state index is 0.277. The van der Waals surface area contributed by atoms with Crippen LogP contribution in [0.5, 0.6) is 0 Å². The summed E-state index contributed by atoms with van der Waals surface area (Å²) in [5.74, 6) is 2.11. The second kappa shape index (κ2) is 8.66. The molecule has 3 heterocycles. The van der Waals surface area contributed by atoms with E-state index in [4.69, 9.17) is 4.52 Å². The number of carbonyl (C=O) groups is 1. The Kier molecular flexibility index (Phi) is 5.99. The van der Waals surface area contributed by atoms with Gasteiger partial charge >= 0.3 is 0 Å². The van der Waals surface area contributed by atoms with Crippen molar-refractivity contribution in [2.75, 3.05) is 26.2 Å². The summed E-state index contributed by atoms with van der Waals surface area (Å²) in [5, 5.41) is 4.07. The van der Waals surface area contributed by atoms with Crippen molar-refractivity contribution in [3.63, 3.8) is 0 Å². The van der Waals surface area contributed by atoms with Gasteiger partial charge in [-0.1, -0.05) is 49.3 Å². The quantitative estimate of drug-likeness (QED) is 0.746. The van der Waals surface area contributed by atoms with E-state index < -0.39 is 0 Å². The van der Waals surface area contributed by atoms with Crippen LogP contribution in [0.2, 0.25) is 0 Å². The molecule has 29 heavy (non-hydrogen) atoms. The number of hydrogen-bond acceptors (Lipinski definition) is 5. The fourth-order valence-electron chi connectivity index (χ4n) is 4.57. The first kappa shape index (κ1) is 20.1. The van der Waals surface area contributed by atoms with Crippen LogP contribution in [0.25, 0.3) is 0 Å². The number of hydrogen-bond donors (Lipinski definition) is 0. The fourth-order valence-corrected chi connectivity index (χ4v) is 4.57. The molecule has 0 aliphatic carbocycles. The van der Waals surface area contributed by atoms with Crippen molar-refractivity contribution in [2.24, 2.45) is 5.41 Å². The Labute approximate surface area is 173 Å². The summed E-state index contributed by atoms with van der Waals surface area (Å²) in [5.41, 5.74) is 1.58. The van der Waals surface area contributed by atoms with Gasteiger partial charge in [0.2, 0.25) is 11.8 Å². The molecule has 2 aromatic rings. The monoisotopic (exact) mass is 396 g/mol. The van der Waals surface area contributed by atoms with Crippen LogP contribution in [0.15, 0.2) is 34.9 Å². The Morgan fingerprint density at radius 1 is 1.14 bits per heavy atom. The van der Waals surface area contributed by atoms with Gasteiger partial charge in [0, 0.05) is 25.4 Å². The van der Waals surface area contributed by atoms with E-state index >= 15 is 0 Å². The Hall–Kier alpha value is -2.21. The van der Waals surface area contributed by atoms with Gasteiger partial charge in [-0.15, -0.1) is 0 Å². The van der Waals surface area contributed by atoms with Gasteiger partial charge < -0.3 is 9.42 Å². The van der Waals surface area contributed by atoms with Gasteiger partial charge in [0.25, 0.3) is 0 Å². The second-order valence-electron chi connectivity index (χ2n) is 9.03. The molecule has 0 unspecified atom stereocenters. The van der Waals surface area contributed by atoms with E-state index in [0.29, 0.717) is 24.1 Å². The van der Waals surface area contributed by atoms with E-state index in [-0.39, 0.29) is 5.41 Å². The predicted octanol–water partition coefficient (Wildman–Crippen LogP) is 3.64. The third-order valence-corrected chi connectivity index (χ3v) is 6.54. The van der Waals surface area contributed by atoms with Crippen LogP contribution >= 0.6 is 0 Å². The highest BCUT2D eigenvalue weighted by molar-refractivity contribution is 5.77. The predicted molar refractivity (Wildman–Crippen MR) is 111 cm³/mol. The van der Waals surface area contributed by atoms with Gasteiger partial charge in [-0.05, 0) is 49.8 Å². The summed E-state index contributed by atoms with van der Waals surface area (Å²) in [6, 6.07) is 10.5. The molecule has 1 amide bonds. The van der Waals surface area contributed by atoms with Crippen LogP contribution in [0.4, 0.5) is 0 Å². The number of nitrogens with zero attached hydrogens (tertiary/aromatic N) is 4. The second-order valence-corrected chi connectivity index (χ2v) is 9.03. The largest absolute Gasteiger partial charge is 0.342 e. The first-order valence-corrected chi connectivity index (χ1v) is 10.9. The SMILES string of the molecule is CC(C)c1noc(CN2CCC3(CCC(=O)N(CCc4ccccc4)C3)CC2)n1. The van der Waals surface area contributed by atoms with Crippen molar-refractivity contribution >= 4 is 5.91 Å². The standard InChI is InChI=1S/C23H32N4O2/c1-18(2)22-24-20(29-25-22)16-26-14-11-23(12-15-26)10-8-21(28)27(17-23)13-9-19-6-4-3-5-7-19/h3-7,18H,8-17H2,1-2H3. The van der Waals surface area contributed by atoms with Crippen molar-refractivity contribution in [3.05, 3.63) is 47.6 Å². The Bertz CT molecular complexity index is 809. The minimum absolute atomic E-state index is 0.277. The molecule has 156 valence electrons. The van der Waals surface area contributed by atoms with Gasteiger partial charge in [0.1, 0.15) is 0 Å². The summed E-state index contributed by atoms with van der Waals surface area (Å²) in [6.45, 7) is 8.67. The molecular weight excluding hydrogens is 364 g/mol. The summed E-state index contributed by atoms with van der Waals surface area (Å²) >= 11 is 0. The molecule has 4 rings (SSSR count). The third-order valence-electron chi connectivity index (χ3n) is 6.54. The molecule has 1 aromatic carbocycles. The molecule has 0 N–H and O–H groups in total. The number of amides is 1. The number of piperidine rings is 2. The van der Waals surface area contributed by atoms with Crippen LogP contribution in [0.3, 0.4) is 0 Å². The molecule has 2 saturated heterocycles. The van der Waals surface area contributed by atoms with Gasteiger partial charge in [-0.3, -0.25) is 9.69 Å². The maximum atomic E-state index is 12.5. The smallest absolute Gasteiger partial charge is 0.240 e. The normalized spacial score (nSPS) is 20.0. The summed E-state index contributed by atoms with van der Waals surface area (Å²) in [7, 11) is 0. The molecule has 0 bridgehead atoms. The first-order valence-electron chi connectivity index (χ1n) is 10.9.